The summed E-state index contributed by atoms with van der Waals surface area (Å²) in [5.74, 6) is 0. The normalized spacial score (nSPS) is 10.9. The Hall–Kier alpha value is -3.32. The standard InChI is InChI=1S/C19H13N3O3S/c23-19-17-16(14-6-2-1-3-7-14)11-26-18(17)20-12-21(19)10-13-5-4-8-15(9-13)22(24)25/h1-9,11-12H,10H2. The Morgan fingerprint density at radius 3 is 2.69 bits per heavy atom. The van der Waals surface area contributed by atoms with Crippen LogP contribution in [-0.2, 0) is 6.54 Å². The smallest absolute Gasteiger partial charge is 0.269 e. The molecule has 0 atom stereocenters. The highest BCUT2D eigenvalue weighted by molar-refractivity contribution is 7.17. The van der Waals surface area contributed by atoms with Crippen LogP contribution in [-0.4, -0.2) is 14.5 Å². The van der Waals surface area contributed by atoms with Crippen molar-refractivity contribution in [2.75, 3.05) is 0 Å². The molecule has 7 heteroatoms. The van der Waals surface area contributed by atoms with Crippen LogP contribution in [0.5, 0.6) is 0 Å². The summed E-state index contributed by atoms with van der Waals surface area (Å²) in [7, 11) is 0. The van der Waals surface area contributed by atoms with Crippen molar-refractivity contribution in [3.05, 3.63) is 92.3 Å². The zero-order valence-electron chi connectivity index (χ0n) is 13.5. The second-order valence-corrected chi connectivity index (χ2v) is 6.66. The van der Waals surface area contributed by atoms with Gasteiger partial charge < -0.3 is 0 Å². The van der Waals surface area contributed by atoms with E-state index in [1.165, 1.54) is 34.4 Å². The molecule has 0 spiro atoms. The zero-order chi connectivity index (χ0) is 18.1. The molecule has 26 heavy (non-hydrogen) atoms. The third kappa shape index (κ3) is 2.89. The maximum Gasteiger partial charge on any atom is 0.269 e. The van der Waals surface area contributed by atoms with Crippen molar-refractivity contribution in [3.8, 4) is 11.1 Å². The van der Waals surface area contributed by atoms with Gasteiger partial charge in [0, 0.05) is 23.1 Å². The molecule has 0 amide bonds. The Morgan fingerprint density at radius 2 is 1.92 bits per heavy atom. The van der Waals surface area contributed by atoms with Gasteiger partial charge in [-0.15, -0.1) is 11.3 Å². The van der Waals surface area contributed by atoms with Crippen molar-refractivity contribution < 1.29 is 4.92 Å². The highest BCUT2D eigenvalue weighted by atomic mass is 32.1. The predicted octanol–water partition coefficient (Wildman–Crippen LogP) is 4.08. The molecule has 0 fully saturated rings. The molecular formula is C19H13N3O3S. The molecule has 0 aliphatic rings. The first-order valence-electron chi connectivity index (χ1n) is 7.89. The molecule has 0 unspecified atom stereocenters. The average Bonchev–Trinajstić information content (AvgIpc) is 3.10. The number of nitrogens with zero attached hydrogens (tertiary/aromatic N) is 3. The number of nitro groups is 1. The van der Waals surface area contributed by atoms with E-state index in [-0.39, 0.29) is 17.8 Å². The molecule has 0 saturated carbocycles. The van der Waals surface area contributed by atoms with E-state index in [2.05, 4.69) is 4.98 Å². The van der Waals surface area contributed by atoms with Crippen molar-refractivity contribution in [1.29, 1.82) is 0 Å². The van der Waals surface area contributed by atoms with Crippen molar-refractivity contribution in [1.82, 2.24) is 9.55 Å². The van der Waals surface area contributed by atoms with E-state index < -0.39 is 4.92 Å². The lowest BCUT2D eigenvalue weighted by Gasteiger charge is -2.06. The van der Waals surface area contributed by atoms with Crippen molar-refractivity contribution in [2.24, 2.45) is 0 Å². The molecule has 0 aliphatic carbocycles. The third-order valence-corrected chi connectivity index (χ3v) is 5.01. The van der Waals surface area contributed by atoms with E-state index in [4.69, 9.17) is 0 Å². The average molecular weight is 363 g/mol. The van der Waals surface area contributed by atoms with Crippen molar-refractivity contribution in [3.63, 3.8) is 0 Å². The number of thiophene rings is 1. The molecule has 0 saturated heterocycles. The minimum absolute atomic E-state index is 0.00472. The number of fused-ring (bicyclic) bond motifs is 1. The lowest BCUT2D eigenvalue weighted by molar-refractivity contribution is -0.384. The molecule has 6 nitrogen and oxygen atoms in total. The highest BCUT2D eigenvalue weighted by Crippen LogP contribution is 2.30. The number of benzene rings is 2. The summed E-state index contributed by atoms with van der Waals surface area (Å²) in [6.07, 6.45) is 1.49. The molecule has 2 aromatic heterocycles. The Kier molecular flexibility index (Phi) is 4.06. The summed E-state index contributed by atoms with van der Waals surface area (Å²) in [6, 6.07) is 16.0. The van der Waals surface area contributed by atoms with Crippen LogP contribution in [0.4, 0.5) is 5.69 Å². The number of rotatable bonds is 4. The fourth-order valence-corrected chi connectivity index (χ4v) is 3.78. The maximum absolute atomic E-state index is 13.0. The summed E-state index contributed by atoms with van der Waals surface area (Å²) in [5.41, 5.74) is 2.35. The number of nitro benzene ring substituents is 1. The summed E-state index contributed by atoms with van der Waals surface area (Å²) in [5, 5.41) is 13.5. The molecular weight excluding hydrogens is 350 g/mol. The monoisotopic (exact) mass is 363 g/mol. The van der Waals surface area contributed by atoms with Gasteiger partial charge in [-0.2, -0.15) is 0 Å². The molecule has 0 aliphatic heterocycles. The fourth-order valence-electron chi connectivity index (χ4n) is 2.88. The summed E-state index contributed by atoms with van der Waals surface area (Å²) >= 11 is 1.43. The van der Waals surface area contributed by atoms with Crippen LogP contribution < -0.4 is 5.56 Å². The molecule has 0 bridgehead atoms. The molecule has 4 aromatic rings. The van der Waals surface area contributed by atoms with Gasteiger partial charge in [0.2, 0.25) is 0 Å². The van der Waals surface area contributed by atoms with Gasteiger partial charge in [0.1, 0.15) is 4.83 Å². The number of non-ortho nitro benzene ring substituents is 1. The highest BCUT2D eigenvalue weighted by Gasteiger charge is 2.14. The van der Waals surface area contributed by atoms with Gasteiger partial charge in [-0.1, -0.05) is 42.5 Å². The molecule has 0 N–H and O–H groups in total. The minimum atomic E-state index is -0.444. The molecule has 128 valence electrons. The molecule has 0 radical (unpaired) electrons. The third-order valence-electron chi connectivity index (χ3n) is 4.12. The van der Waals surface area contributed by atoms with Gasteiger partial charge >= 0.3 is 0 Å². The number of hydrogen-bond acceptors (Lipinski definition) is 5. The van der Waals surface area contributed by atoms with Crippen LogP contribution in [0.15, 0.2) is 71.1 Å². The van der Waals surface area contributed by atoms with Crippen LogP contribution in [0.2, 0.25) is 0 Å². The second-order valence-electron chi connectivity index (χ2n) is 5.80. The molecule has 4 rings (SSSR count). The molecule has 2 heterocycles. The fraction of sp³-hybridized carbons (Fsp3) is 0.0526. The van der Waals surface area contributed by atoms with E-state index in [1.807, 2.05) is 35.7 Å². The van der Waals surface area contributed by atoms with Gasteiger partial charge in [-0.25, -0.2) is 4.98 Å². The predicted molar refractivity (Wildman–Crippen MR) is 102 cm³/mol. The lowest BCUT2D eigenvalue weighted by atomic mass is 10.1. The van der Waals surface area contributed by atoms with Gasteiger partial charge in [-0.05, 0) is 11.1 Å². The Labute approximate surface area is 152 Å². The lowest BCUT2D eigenvalue weighted by Crippen LogP contribution is -2.21. The van der Waals surface area contributed by atoms with Crippen LogP contribution in [0.3, 0.4) is 0 Å². The first kappa shape index (κ1) is 16.2. The van der Waals surface area contributed by atoms with E-state index in [0.29, 0.717) is 15.8 Å². The van der Waals surface area contributed by atoms with E-state index >= 15 is 0 Å². The Balaban J connectivity index is 1.80. The minimum Gasteiger partial charge on any atom is -0.294 e. The van der Waals surface area contributed by atoms with Gasteiger partial charge in [-0.3, -0.25) is 19.5 Å². The largest absolute Gasteiger partial charge is 0.294 e. The van der Waals surface area contributed by atoms with Crippen LogP contribution >= 0.6 is 11.3 Å². The van der Waals surface area contributed by atoms with Gasteiger partial charge in [0.25, 0.3) is 11.2 Å². The van der Waals surface area contributed by atoms with E-state index in [0.717, 1.165) is 11.1 Å². The van der Waals surface area contributed by atoms with Crippen LogP contribution in [0.25, 0.3) is 21.3 Å². The SMILES string of the molecule is O=c1c2c(-c3ccccc3)csc2ncn1Cc1cccc([N+](=O)[O-])c1. The number of hydrogen-bond donors (Lipinski definition) is 0. The van der Waals surface area contributed by atoms with Crippen LogP contribution in [0, 0.1) is 10.1 Å². The maximum atomic E-state index is 13.0. The first-order chi connectivity index (χ1) is 12.6. The Morgan fingerprint density at radius 1 is 1.12 bits per heavy atom. The van der Waals surface area contributed by atoms with Crippen molar-refractivity contribution >= 4 is 27.2 Å². The van der Waals surface area contributed by atoms with Gasteiger partial charge in [0.05, 0.1) is 23.2 Å². The molecule has 2 aromatic carbocycles. The summed E-state index contributed by atoms with van der Waals surface area (Å²) in [4.78, 5) is 28.6. The number of aromatic nitrogens is 2. The quantitative estimate of drug-likeness (QED) is 0.404. The van der Waals surface area contributed by atoms with Crippen LogP contribution in [0.1, 0.15) is 5.56 Å². The summed E-state index contributed by atoms with van der Waals surface area (Å²) in [6.45, 7) is 0.230. The Bertz CT molecular complexity index is 1170. The first-order valence-corrected chi connectivity index (χ1v) is 8.77. The van der Waals surface area contributed by atoms with E-state index in [9.17, 15) is 14.9 Å². The van der Waals surface area contributed by atoms with E-state index in [1.54, 1.807) is 12.1 Å². The zero-order valence-corrected chi connectivity index (χ0v) is 14.3. The topological polar surface area (TPSA) is 78.0 Å². The van der Waals surface area contributed by atoms with Gasteiger partial charge in [0.15, 0.2) is 0 Å². The second kappa shape index (κ2) is 6.53. The van der Waals surface area contributed by atoms with Crippen molar-refractivity contribution in [2.45, 2.75) is 6.54 Å². The summed E-state index contributed by atoms with van der Waals surface area (Å²) < 4.78 is 1.49.